The van der Waals surface area contributed by atoms with Crippen LogP contribution in [0.2, 0.25) is 0 Å². The SMILES string of the molecule is CC(=O)c1ccccc1NC(=O)CSc1nc(C)nc(C)c1C#N. The largest absolute Gasteiger partial charge is 0.325 e. The van der Waals surface area contributed by atoms with Crippen LogP contribution >= 0.6 is 11.8 Å². The summed E-state index contributed by atoms with van der Waals surface area (Å²) < 4.78 is 0. The fraction of sp³-hybridized carbons (Fsp3) is 0.235. The number of rotatable bonds is 5. The van der Waals surface area contributed by atoms with E-state index in [-0.39, 0.29) is 17.4 Å². The molecular weight excluding hydrogens is 324 g/mol. The summed E-state index contributed by atoms with van der Waals surface area (Å²) >= 11 is 1.17. The van der Waals surface area contributed by atoms with Crippen molar-refractivity contribution in [2.24, 2.45) is 0 Å². The lowest BCUT2D eigenvalue weighted by Crippen LogP contribution is -2.16. The van der Waals surface area contributed by atoms with Crippen LogP contribution in [-0.2, 0) is 4.79 Å². The highest BCUT2D eigenvalue weighted by Crippen LogP contribution is 2.23. The number of hydrogen-bond donors (Lipinski definition) is 1. The zero-order valence-corrected chi connectivity index (χ0v) is 14.4. The molecule has 1 heterocycles. The van der Waals surface area contributed by atoms with Gasteiger partial charge in [-0.05, 0) is 32.9 Å². The number of nitrogens with one attached hydrogen (secondary N) is 1. The third-order valence-electron chi connectivity index (χ3n) is 3.20. The van der Waals surface area contributed by atoms with Crippen molar-refractivity contribution < 1.29 is 9.59 Å². The van der Waals surface area contributed by atoms with E-state index in [1.807, 2.05) is 0 Å². The number of nitrogens with zero attached hydrogens (tertiary/aromatic N) is 3. The van der Waals surface area contributed by atoms with Gasteiger partial charge in [-0.25, -0.2) is 9.97 Å². The molecule has 0 spiro atoms. The topological polar surface area (TPSA) is 95.7 Å². The highest BCUT2D eigenvalue weighted by atomic mass is 32.2. The molecule has 0 radical (unpaired) electrons. The van der Waals surface area contributed by atoms with Crippen LogP contribution in [0.25, 0.3) is 0 Å². The van der Waals surface area contributed by atoms with E-state index < -0.39 is 0 Å². The Morgan fingerprint density at radius 3 is 2.62 bits per heavy atom. The number of para-hydroxylation sites is 1. The van der Waals surface area contributed by atoms with Crippen LogP contribution in [0.3, 0.4) is 0 Å². The number of Topliss-reactive ketones (excluding diaryl/α,β-unsaturated/α-hetero) is 1. The number of ketones is 1. The number of benzene rings is 1. The lowest BCUT2D eigenvalue weighted by molar-refractivity contribution is -0.113. The molecular formula is C17H16N4O2S. The molecule has 6 nitrogen and oxygen atoms in total. The molecule has 0 bridgehead atoms. The summed E-state index contributed by atoms with van der Waals surface area (Å²) in [7, 11) is 0. The summed E-state index contributed by atoms with van der Waals surface area (Å²) in [5, 5.41) is 12.4. The van der Waals surface area contributed by atoms with Crippen LogP contribution in [0.15, 0.2) is 29.3 Å². The number of aryl methyl sites for hydroxylation is 2. The van der Waals surface area contributed by atoms with Gasteiger partial charge in [0, 0.05) is 5.56 Å². The van der Waals surface area contributed by atoms with Crippen molar-refractivity contribution in [2.75, 3.05) is 11.1 Å². The number of carbonyl (C=O) groups excluding carboxylic acids is 2. The van der Waals surface area contributed by atoms with Crippen LogP contribution in [0, 0.1) is 25.2 Å². The van der Waals surface area contributed by atoms with Crippen molar-refractivity contribution in [1.82, 2.24) is 9.97 Å². The number of hydrogen-bond acceptors (Lipinski definition) is 6. The Balaban J connectivity index is 2.10. The average molecular weight is 340 g/mol. The molecule has 0 saturated heterocycles. The van der Waals surface area contributed by atoms with Gasteiger partial charge in [0.15, 0.2) is 5.78 Å². The van der Waals surface area contributed by atoms with Gasteiger partial charge in [0.25, 0.3) is 0 Å². The van der Waals surface area contributed by atoms with E-state index in [4.69, 9.17) is 0 Å². The summed E-state index contributed by atoms with van der Waals surface area (Å²) in [5.74, 6) is 0.242. The van der Waals surface area contributed by atoms with E-state index in [1.165, 1.54) is 18.7 Å². The summed E-state index contributed by atoms with van der Waals surface area (Å²) in [6, 6.07) is 8.90. The summed E-state index contributed by atoms with van der Waals surface area (Å²) in [6.07, 6.45) is 0. The van der Waals surface area contributed by atoms with E-state index in [2.05, 4.69) is 21.4 Å². The van der Waals surface area contributed by atoms with Gasteiger partial charge in [-0.3, -0.25) is 9.59 Å². The smallest absolute Gasteiger partial charge is 0.234 e. The lowest BCUT2D eigenvalue weighted by Gasteiger charge is -2.09. The maximum Gasteiger partial charge on any atom is 0.234 e. The average Bonchev–Trinajstić information content (AvgIpc) is 2.52. The van der Waals surface area contributed by atoms with Crippen LogP contribution in [-0.4, -0.2) is 27.4 Å². The third kappa shape index (κ3) is 4.18. The minimum absolute atomic E-state index is 0.0802. The first-order valence-electron chi connectivity index (χ1n) is 7.20. The molecule has 0 aliphatic heterocycles. The van der Waals surface area contributed by atoms with Gasteiger partial charge in [0.05, 0.1) is 17.1 Å². The van der Waals surface area contributed by atoms with Gasteiger partial charge in [-0.1, -0.05) is 23.9 Å². The quantitative estimate of drug-likeness (QED) is 0.511. The van der Waals surface area contributed by atoms with Crippen LogP contribution in [0.4, 0.5) is 5.69 Å². The van der Waals surface area contributed by atoms with Crippen molar-refractivity contribution in [1.29, 1.82) is 5.26 Å². The van der Waals surface area contributed by atoms with Crippen molar-refractivity contribution in [3.05, 3.63) is 46.9 Å². The summed E-state index contributed by atoms with van der Waals surface area (Å²) in [4.78, 5) is 32.1. The molecule has 24 heavy (non-hydrogen) atoms. The van der Waals surface area contributed by atoms with Gasteiger partial charge in [0.1, 0.15) is 22.5 Å². The summed E-state index contributed by atoms with van der Waals surface area (Å²) in [5.41, 5.74) is 1.91. The predicted molar refractivity (Wildman–Crippen MR) is 92.0 cm³/mol. The van der Waals surface area contributed by atoms with Gasteiger partial charge >= 0.3 is 0 Å². The second-order valence-electron chi connectivity index (χ2n) is 5.09. The Hall–Kier alpha value is -2.72. The molecule has 0 aliphatic carbocycles. The lowest BCUT2D eigenvalue weighted by atomic mass is 10.1. The second-order valence-corrected chi connectivity index (χ2v) is 6.05. The van der Waals surface area contributed by atoms with E-state index in [9.17, 15) is 14.9 Å². The van der Waals surface area contributed by atoms with Crippen molar-refractivity contribution >= 4 is 29.1 Å². The molecule has 0 fully saturated rings. The molecule has 0 saturated carbocycles. The van der Waals surface area contributed by atoms with E-state index in [1.54, 1.807) is 38.1 Å². The maximum absolute atomic E-state index is 12.2. The molecule has 1 amide bonds. The third-order valence-corrected chi connectivity index (χ3v) is 4.18. The van der Waals surface area contributed by atoms with Crippen molar-refractivity contribution in [3.63, 3.8) is 0 Å². The first-order chi connectivity index (χ1) is 11.4. The van der Waals surface area contributed by atoms with Crippen LogP contribution < -0.4 is 5.32 Å². The van der Waals surface area contributed by atoms with Crippen LogP contribution in [0.1, 0.15) is 34.4 Å². The van der Waals surface area contributed by atoms with Gasteiger partial charge in [0.2, 0.25) is 5.91 Å². The van der Waals surface area contributed by atoms with Gasteiger partial charge in [-0.15, -0.1) is 0 Å². The molecule has 1 N–H and O–H groups in total. The predicted octanol–water partition coefficient (Wildman–Crippen LogP) is 2.90. The molecule has 2 aromatic rings. The zero-order chi connectivity index (χ0) is 17.7. The molecule has 0 atom stereocenters. The Bertz CT molecular complexity index is 843. The normalized spacial score (nSPS) is 10.1. The van der Waals surface area contributed by atoms with E-state index >= 15 is 0 Å². The number of anilines is 1. The first-order valence-corrected chi connectivity index (χ1v) is 8.19. The second kappa shape index (κ2) is 7.70. The first kappa shape index (κ1) is 17.6. The molecule has 0 unspecified atom stereocenters. The number of thioether (sulfide) groups is 1. The molecule has 122 valence electrons. The molecule has 1 aromatic heterocycles. The van der Waals surface area contributed by atoms with Gasteiger partial charge < -0.3 is 5.32 Å². The molecule has 2 rings (SSSR count). The van der Waals surface area contributed by atoms with Crippen molar-refractivity contribution in [2.45, 2.75) is 25.8 Å². The number of nitriles is 1. The Morgan fingerprint density at radius 1 is 1.25 bits per heavy atom. The molecule has 7 heteroatoms. The number of carbonyl (C=O) groups is 2. The minimum Gasteiger partial charge on any atom is -0.325 e. The Kier molecular flexibility index (Phi) is 5.66. The Labute approximate surface area is 144 Å². The monoisotopic (exact) mass is 340 g/mol. The number of aromatic nitrogens is 2. The molecule has 1 aromatic carbocycles. The van der Waals surface area contributed by atoms with Crippen LogP contribution in [0.5, 0.6) is 0 Å². The fourth-order valence-corrected chi connectivity index (χ4v) is 3.01. The fourth-order valence-electron chi connectivity index (χ4n) is 2.13. The summed E-state index contributed by atoms with van der Waals surface area (Å²) in [6.45, 7) is 4.92. The highest BCUT2D eigenvalue weighted by molar-refractivity contribution is 8.00. The highest BCUT2D eigenvalue weighted by Gasteiger charge is 2.14. The van der Waals surface area contributed by atoms with E-state index in [0.717, 1.165) is 0 Å². The van der Waals surface area contributed by atoms with Gasteiger partial charge in [-0.2, -0.15) is 5.26 Å². The minimum atomic E-state index is -0.272. The molecule has 0 aliphatic rings. The van der Waals surface area contributed by atoms with Crippen molar-refractivity contribution in [3.8, 4) is 6.07 Å². The van der Waals surface area contributed by atoms with E-state index in [0.29, 0.717) is 33.4 Å². The zero-order valence-electron chi connectivity index (χ0n) is 13.6. The Morgan fingerprint density at radius 2 is 1.96 bits per heavy atom. The number of amides is 1. The maximum atomic E-state index is 12.2. The standard InChI is InChI=1S/C17H16N4O2S/c1-10-14(8-18)17(20-12(3)19-10)24-9-16(23)21-15-7-5-4-6-13(15)11(2)22/h4-7H,9H2,1-3H3,(H,21,23).